The molecule has 12 heavy (non-hydrogen) atoms. The summed E-state index contributed by atoms with van der Waals surface area (Å²) >= 11 is 5.48. The third-order valence-corrected chi connectivity index (χ3v) is 0.906. The third kappa shape index (κ3) is 12.3. The van der Waals surface area contributed by atoms with E-state index in [9.17, 15) is 0 Å². The maximum Gasteiger partial charge on any atom is 0.273 e. The molecule has 0 aliphatic rings. The van der Waals surface area contributed by atoms with E-state index in [1.54, 1.807) is 12.3 Å². The molecule has 5 nitrogen and oxygen atoms in total. The van der Waals surface area contributed by atoms with E-state index < -0.39 is 10.2 Å². The number of nitrogens with one attached hydrogen (secondary N) is 1. The maximum atomic E-state index is 8.49. The highest BCUT2D eigenvalue weighted by molar-refractivity contribution is 6.28. The van der Waals surface area contributed by atoms with Gasteiger partial charge in [0.05, 0.1) is 0 Å². The predicted octanol–water partition coefficient (Wildman–Crippen LogP) is -3.60. The van der Waals surface area contributed by atoms with Crippen molar-refractivity contribution in [1.82, 2.24) is 0 Å². The molecule has 0 unspecified atom stereocenters. The van der Waals surface area contributed by atoms with E-state index in [0.29, 0.717) is 5.15 Å². The molecule has 0 aliphatic carbocycles. The Kier molecular flexibility index (Phi) is 5.07. The number of pyridine rings is 1. The van der Waals surface area contributed by atoms with Crippen LogP contribution in [0.15, 0.2) is 24.4 Å². The lowest BCUT2D eigenvalue weighted by Gasteiger charge is -2.17. The Labute approximate surface area is 75.6 Å². The Morgan fingerprint density at radius 3 is 1.83 bits per heavy atom. The quantitative estimate of drug-likeness (QED) is 0.415. The zero-order chi connectivity index (χ0) is 9.61. The van der Waals surface area contributed by atoms with Gasteiger partial charge in [-0.2, -0.15) is 0 Å². The lowest BCUT2D eigenvalue weighted by Crippen LogP contribution is -2.68. The summed E-state index contributed by atoms with van der Waals surface area (Å²) in [6.07, 6.45) is 1.78. The van der Waals surface area contributed by atoms with Crippen LogP contribution in [0.5, 0.6) is 0 Å². The summed E-state index contributed by atoms with van der Waals surface area (Å²) in [4.78, 5) is 2.80. The summed E-state index contributed by atoms with van der Waals surface area (Å²) in [7, 11) is -4.94. The Bertz CT molecular complexity index is 206. The average Bonchev–Trinajstić information content (AvgIpc) is 1.85. The second-order valence-corrected chi connectivity index (χ2v) is 2.75. The highest BCUT2D eigenvalue weighted by Crippen LogP contribution is 1.93. The molecule has 1 heterocycles. The number of halogens is 2. The van der Waals surface area contributed by atoms with Crippen molar-refractivity contribution in [2.45, 2.75) is 0 Å². The van der Waals surface area contributed by atoms with Gasteiger partial charge in [-0.05, 0) is 17.7 Å². The molecule has 0 radical (unpaired) electrons. The molecular weight excluding hydrogens is 209 g/mol. The molecule has 0 saturated carbocycles. The molecule has 7 heteroatoms. The first-order valence-corrected chi connectivity index (χ1v) is 4.25. The number of hydrogen-bond acceptors (Lipinski definition) is 4. The summed E-state index contributed by atoms with van der Waals surface area (Å²) in [6.45, 7) is 0. The number of aromatic amines is 1. The van der Waals surface area contributed by atoms with Crippen LogP contribution in [0.3, 0.4) is 0 Å². The molecule has 0 bridgehead atoms. The van der Waals surface area contributed by atoms with Gasteiger partial charge in [0.2, 0.25) is 0 Å². The van der Waals surface area contributed by atoms with E-state index in [2.05, 4.69) is 4.98 Å². The minimum Gasteiger partial charge on any atom is -0.222 e. The third-order valence-electron chi connectivity index (χ3n) is 0.671. The van der Waals surface area contributed by atoms with Gasteiger partial charge in [-0.25, -0.2) is 23.6 Å². The van der Waals surface area contributed by atoms with Gasteiger partial charge in [0.25, 0.3) is 5.15 Å². The molecule has 1 N–H and O–H groups in total. The van der Waals surface area contributed by atoms with E-state index in [4.69, 9.17) is 30.2 Å². The molecule has 0 aromatic carbocycles. The van der Waals surface area contributed by atoms with E-state index >= 15 is 0 Å². The molecule has 1 rings (SSSR count). The van der Waals surface area contributed by atoms with Crippen LogP contribution >= 0.6 is 11.6 Å². The van der Waals surface area contributed by atoms with Crippen molar-refractivity contribution in [3.63, 3.8) is 0 Å². The zero-order valence-corrected chi connectivity index (χ0v) is 7.21. The number of aromatic nitrogens is 1. The Hall–Kier alpha value is -0.430. The Morgan fingerprint density at radius 1 is 1.17 bits per heavy atom. The minimum atomic E-state index is -4.94. The molecule has 0 amide bonds. The van der Waals surface area contributed by atoms with Crippen molar-refractivity contribution in [2.24, 2.45) is 0 Å². The highest BCUT2D eigenvalue weighted by atomic mass is 35.7. The van der Waals surface area contributed by atoms with Gasteiger partial charge in [-0.3, -0.25) is 0 Å². The standard InChI is InChI=1S/C5H4ClN.ClHO4/c6-5-3-1-2-4-7-5;2-1(3,4)5/h1-4H;(H,2,3,4,5). The molecule has 68 valence electrons. The van der Waals surface area contributed by atoms with Gasteiger partial charge in [-0.1, -0.05) is 0 Å². The number of hydrogen-bond donors (Lipinski definition) is 0. The molecule has 0 saturated heterocycles. The van der Waals surface area contributed by atoms with Crippen molar-refractivity contribution in [2.75, 3.05) is 0 Å². The SMILES string of the molecule is Clc1cccc[nH+]1.[O-][Cl+3]([O-])([O-])[O-]. The molecule has 0 fully saturated rings. The fourth-order valence-corrected chi connectivity index (χ4v) is 0.507. The lowest BCUT2D eigenvalue weighted by molar-refractivity contribution is -2.00. The number of rotatable bonds is 0. The van der Waals surface area contributed by atoms with Gasteiger partial charge in [-0.15, -0.1) is 10.2 Å². The Balaban J connectivity index is 0.000000217. The fourth-order valence-electron chi connectivity index (χ4n) is 0.371. The van der Waals surface area contributed by atoms with Crippen molar-refractivity contribution in [3.8, 4) is 0 Å². The molecule has 0 spiro atoms. The van der Waals surface area contributed by atoms with Crippen molar-refractivity contribution in [1.29, 1.82) is 0 Å². The summed E-state index contributed by atoms with van der Waals surface area (Å²) < 4.78 is 34.0. The molecular formula is C5H5Cl2NO4. The largest absolute Gasteiger partial charge is 0.273 e. The number of H-pyrrole nitrogens is 1. The van der Waals surface area contributed by atoms with Crippen molar-refractivity contribution in [3.05, 3.63) is 29.5 Å². The monoisotopic (exact) mass is 213 g/mol. The van der Waals surface area contributed by atoms with Crippen LogP contribution < -0.4 is 23.6 Å². The summed E-state index contributed by atoms with van der Waals surface area (Å²) in [6, 6.07) is 5.55. The summed E-state index contributed by atoms with van der Waals surface area (Å²) in [5.41, 5.74) is 0. The zero-order valence-electron chi connectivity index (χ0n) is 5.70. The van der Waals surface area contributed by atoms with E-state index in [1.807, 2.05) is 12.1 Å². The normalized spacial score (nSPS) is 10.1. The van der Waals surface area contributed by atoms with Crippen molar-refractivity contribution < 1.29 is 33.9 Å². The van der Waals surface area contributed by atoms with Crippen LogP contribution in [-0.4, -0.2) is 0 Å². The minimum absolute atomic E-state index is 0.669. The average molecular weight is 214 g/mol. The van der Waals surface area contributed by atoms with E-state index in [0.717, 1.165) is 0 Å². The maximum absolute atomic E-state index is 8.49. The van der Waals surface area contributed by atoms with Gasteiger partial charge < -0.3 is 0 Å². The summed E-state index contributed by atoms with van der Waals surface area (Å²) in [5.74, 6) is 0. The Morgan fingerprint density at radius 2 is 1.67 bits per heavy atom. The fraction of sp³-hybridized carbons (Fsp3) is 0. The van der Waals surface area contributed by atoms with Gasteiger partial charge in [0.1, 0.15) is 0 Å². The van der Waals surface area contributed by atoms with Crippen LogP contribution in [0.2, 0.25) is 5.15 Å². The second-order valence-electron chi connectivity index (χ2n) is 1.59. The first kappa shape index (κ1) is 11.6. The van der Waals surface area contributed by atoms with Crippen LogP contribution in [0.4, 0.5) is 0 Å². The lowest BCUT2D eigenvalue weighted by atomic mass is 10.5. The first-order chi connectivity index (χ1) is 5.39. The van der Waals surface area contributed by atoms with Crippen LogP contribution in [-0.2, 0) is 0 Å². The predicted molar refractivity (Wildman–Crippen MR) is 28.0 cm³/mol. The van der Waals surface area contributed by atoms with Crippen molar-refractivity contribution >= 4 is 11.6 Å². The van der Waals surface area contributed by atoms with Gasteiger partial charge in [0, 0.05) is 12.1 Å². The summed E-state index contributed by atoms with van der Waals surface area (Å²) in [5, 5.41) is 0.669. The molecule has 1 aromatic rings. The topological polar surface area (TPSA) is 106 Å². The van der Waals surface area contributed by atoms with Gasteiger partial charge in [0.15, 0.2) is 6.20 Å². The van der Waals surface area contributed by atoms with Crippen LogP contribution in [0, 0.1) is 10.2 Å². The second kappa shape index (κ2) is 5.26. The van der Waals surface area contributed by atoms with E-state index in [-0.39, 0.29) is 0 Å². The smallest absolute Gasteiger partial charge is 0.222 e. The molecule has 0 aliphatic heterocycles. The van der Waals surface area contributed by atoms with Crippen LogP contribution in [0.1, 0.15) is 0 Å². The van der Waals surface area contributed by atoms with Crippen LogP contribution in [0.25, 0.3) is 0 Å². The van der Waals surface area contributed by atoms with E-state index in [1.165, 1.54) is 0 Å². The van der Waals surface area contributed by atoms with Gasteiger partial charge >= 0.3 is 0 Å². The molecule has 1 aromatic heterocycles. The highest BCUT2D eigenvalue weighted by Gasteiger charge is 1.85. The molecule has 0 atom stereocenters. The first-order valence-electron chi connectivity index (χ1n) is 2.63.